The van der Waals surface area contributed by atoms with E-state index in [1.54, 1.807) is 0 Å². The molecule has 1 saturated heterocycles. The average molecular weight is 362 g/mol. The van der Waals surface area contributed by atoms with Gasteiger partial charge >= 0.3 is 0 Å². The summed E-state index contributed by atoms with van der Waals surface area (Å²) in [4.78, 5) is 18.9. The topological polar surface area (TPSA) is 50.6 Å². The Hall–Kier alpha value is -2.84. The molecule has 0 saturated carbocycles. The fraction of sp³-hybridized carbons (Fsp3) is 0.364. The SMILES string of the molecule is Cc1ccccc1C(=O)N1CCN(C(C#N)c2ccc(N(C)C)cc2)CC1. The molecule has 140 valence electrons. The second-order valence-electron chi connectivity index (χ2n) is 7.16. The van der Waals surface area contributed by atoms with Crippen molar-refractivity contribution in [1.82, 2.24) is 9.80 Å². The van der Waals surface area contributed by atoms with E-state index in [1.165, 1.54) is 0 Å². The van der Waals surface area contributed by atoms with Crippen molar-refractivity contribution in [1.29, 1.82) is 5.26 Å². The lowest BCUT2D eigenvalue weighted by Gasteiger charge is -2.37. The predicted octanol–water partition coefficient (Wildman–Crippen LogP) is 3.08. The zero-order valence-electron chi connectivity index (χ0n) is 16.2. The number of nitriles is 1. The molecule has 2 aromatic rings. The van der Waals surface area contributed by atoms with Gasteiger partial charge in [0, 0.05) is 51.5 Å². The van der Waals surface area contributed by atoms with Gasteiger partial charge in [0.15, 0.2) is 0 Å². The van der Waals surface area contributed by atoms with Crippen LogP contribution in [0, 0.1) is 18.3 Å². The van der Waals surface area contributed by atoms with Crippen molar-refractivity contribution in [3.05, 3.63) is 65.2 Å². The van der Waals surface area contributed by atoms with Gasteiger partial charge in [-0.2, -0.15) is 5.26 Å². The third-order valence-corrected chi connectivity index (χ3v) is 5.19. The van der Waals surface area contributed by atoms with Crippen molar-refractivity contribution in [3.63, 3.8) is 0 Å². The summed E-state index contributed by atoms with van der Waals surface area (Å²) in [5.74, 6) is 0.0802. The highest BCUT2D eigenvalue weighted by Gasteiger charge is 2.28. The summed E-state index contributed by atoms with van der Waals surface area (Å²) in [6.07, 6.45) is 0. The van der Waals surface area contributed by atoms with E-state index in [4.69, 9.17) is 0 Å². The first-order chi connectivity index (χ1) is 13.0. The quantitative estimate of drug-likeness (QED) is 0.839. The van der Waals surface area contributed by atoms with E-state index in [0.29, 0.717) is 26.2 Å². The largest absolute Gasteiger partial charge is 0.378 e. The molecule has 3 rings (SSSR count). The summed E-state index contributed by atoms with van der Waals surface area (Å²) < 4.78 is 0. The Bertz CT molecular complexity index is 830. The molecule has 1 aliphatic rings. The highest BCUT2D eigenvalue weighted by Crippen LogP contribution is 2.24. The third-order valence-electron chi connectivity index (χ3n) is 5.19. The minimum absolute atomic E-state index is 0.0802. The number of hydrogen-bond acceptors (Lipinski definition) is 4. The monoisotopic (exact) mass is 362 g/mol. The van der Waals surface area contributed by atoms with Crippen LogP contribution in [0.5, 0.6) is 0 Å². The van der Waals surface area contributed by atoms with Gasteiger partial charge in [0.1, 0.15) is 6.04 Å². The molecule has 1 atom stereocenters. The van der Waals surface area contributed by atoms with E-state index in [2.05, 4.69) is 11.0 Å². The molecule has 1 fully saturated rings. The Morgan fingerprint density at radius 1 is 1.04 bits per heavy atom. The van der Waals surface area contributed by atoms with Crippen molar-refractivity contribution in [3.8, 4) is 6.07 Å². The lowest BCUT2D eigenvalue weighted by molar-refractivity contribution is 0.0605. The van der Waals surface area contributed by atoms with Gasteiger partial charge in [-0.3, -0.25) is 9.69 Å². The first kappa shape index (κ1) is 18.9. The van der Waals surface area contributed by atoms with E-state index in [-0.39, 0.29) is 11.9 Å². The van der Waals surface area contributed by atoms with Gasteiger partial charge < -0.3 is 9.80 Å². The second kappa shape index (κ2) is 8.24. The number of amides is 1. The Morgan fingerprint density at radius 3 is 2.22 bits per heavy atom. The summed E-state index contributed by atoms with van der Waals surface area (Å²) in [7, 11) is 4.00. The molecule has 0 bridgehead atoms. The Labute approximate surface area is 161 Å². The van der Waals surface area contributed by atoms with Gasteiger partial charge in [0.25, 0.3) is 5.91 Å². The van der Waals surface area contributed by atoms with Gasteiger partial charge in [-0.1, -0.05) is 30.3 Å². The third kappa shape index (κ3) is 4.12. The first-order valence-corrected chi connectivity index (χ1v) is 9.27. The number of aryl methyl sites for hydroxylation is 1. The fourth-order valence-electron chi connectivity index (χ4n) is 3.49. The van der Waals surface area contributed by atoms with Crippen molar-refractivity contribution >= 4 is 11.6 Å². The molecule has 0 spiro atoms. The molecule has 0 radical (unpaired) electrons. The standard InChI is InChI=1S/C22H26N4O/c1-17-6-4-5-7-20(17)22(27)26-14-12-25(13-15-26)21(16-23)18-8-10-19(11-9-18)24(2)3/h4-11,21H,12-15H2,1-3H3. The minimum atomic E-state index is -0.281. The van der Waals surface area contributed by atoms with Crippen LogP contribution in [0.25, 0.3) is 0 Å². The molecule has 27 heavy (non-hydrogen) atoms. The van der Waals surface area contributed by atoms with Gasteiger partial charge in [0.2, 0.25) is 0 Å². The van der Waals surface area contributed by atoms with Gasteiger partial charge in [-0.25, -0.2) is 0 Å². The summed E-state index contributed by atoms with van der Waals surface area (Å²) in [5, 5.41) is 9.72. The van der Waals surface area contributed by atoms with Crippen molar-refractivity contribution < 1.29 is 4.79 Å². The molecule has 1 amide bonds. The molecule has 1 heterocycles. The van der Waals surface area contributed by atoms with Gasteiger partial charge in [-0.15, -0.1) is 0 Å². The number of carbonyl (C=O) groups excluding carboxylic acids is 1. The van der Waals surface area contributed by atoms with Crippen LogP contribution in [-0.2, 0) is 0 Å². The number of nitrogens with zero attached hydrogens (tertiary/aromatic N) is 4. The minimum Gasteiger partial charge on any atom is -0.378 e. The zero-order valence-corrected chi connectivity index (χ0v) is 16.2. The molecule has 2 aromatic carbocycles. The molecule has 0 N–H and O–H groups in total. The second-order valence-corrected chi connectivity index (χ2v) is 7.16. The molecular weight excluding hydrogens is 336 g/mol. The summed E-state index contributed by atoms with van der Waals surface area (Å²) in [6.45, 7) is 4.64. The van der Waals surface area contributed by atoms with Crippen LogP contribution in [-0.4, -0.2) is 56.0 Å². The van der Waals surface area contributed by atoms with Crippen molar-refractivity contribution in [2.45, 2.75) is 13.0 Å². The molecule has 1 aliphatic heterocycles. The zero-order chi connectivity index (χ0) is 19.4. The van der Waals surface area contributed by atoms with E-state index in [1.807, 2.05) is 79.3 Å². The normalized spacial score (nSPS) is 15.9. The highest BCUT2D eigenvalue weighted by atomic mass is 16.2. The van der Waals surface area contributed by atoms with Crippen molar-refractivity contribution in [2.75, 3.05) is 45.2 Å². The molecule has 0 aliphatic carbocycles. The van der Waals surface area contributed by atoms with E-state index >= 15 is 0 Å². The summed E-state index contributed by atoms with van der Waals surface area (Å²) in [6, 6.07) is 18.0. The van der Waals surface area contributed by atoms with Gasteiger partial charge in [0.05, 0.1) is 6.07 Å². The Balaban J connectivity index is 1.66. The number of piperazine rings is 1. The number of anilines is 1. The van der Waals surface area contributed by atoms with Crippen molar-refractivity contribution in [2.24, 2.45) is 0 Å². The maximum absolute atomic E-state index is 12.8. The maximum atomic E-state index is 12.8. The maximum Gasteiger partial charge on any atom is 0.254 e. The number of rotatable bonds is 4. The highest BCUT2D eigenvalue weighted by molar-refractivity contribution is 5.95. The number of hydrogen-bond donors (Lipinski definition) is 0. The van der Waals surface area contributed by atoms with Crippen LogP contribution in [0.15, 0.2) is 48.5 Å². The van der Waals surface area contributed by atoms with Gasteiger partial charge in [-0.05, 0) is 36.2 Å². The number of carbonyl (C=O) groups is 1. The van der Waals surface area contributed by atoms with Crippen LogP contribution < -0.4 is 4.90 Å². The summed E-state index contributed by atoms with van der Waals surface area (Å²) >= 11 is 0. The molecule has 5 nitrogen and oxygen atoms in total. The Morgan fingerprint density at radius 2 is 1.67 bits per heavy atom. The van der Waals surface area contributed by atoms with E-state index < -0.39 is 0 Å². The number of benzene rings is 2. The summed E-state index contributed by atoms with van der Waals surface area (Å²) in [5.41, 5.74) is 3.88. The average Bonchev–Trinajstić information content (AvgIpc) is 2.69. The lowest BCUT2D eigenvalue weighted by atomic mass is 10.0. The van der Waals surface area contributed by atoms with Crippen LogP contribution in [0.1, 0.15) is 27.5 Å². The first-order valence-electron chi connectivity index (χ1n) is 9.27. The molecule has 0 aromatic heterocycles. The Kier molecular flexibility index (Phi) is 5.78. The van der Waals surface area contributed by atoms with Crippen LogP contribution >= 0.6 is 0 Å². The molecule has 5 heteroatoms. The van der Waals surface area contributed by atoms with E-state index in [9.17, 15) is 10.1 Å². The van der Waals surface area contributed by atoms with Crippen LogP contribution in [0.4, 0.5) is 5.69 Å². The van der Waals surface area contributed by atoms with Crippen LogP contribution in [0.3, 0.4) is 0 Å². The van der Waals surface area contributed by atoms with E-state index in [0.717, 1.165) is 22.4 Å². The fourth-order valence-corrected chi connectivity index (χ4v) is 3.49. The smallest absolute Gasteiger partial charge is 0.254 e. The lowest BCUT2D eigenvalue weighted by Crippen LogP contribution is -2.49. The predicted molar refractivity (Wildman–Crippen MR) is 108 cm³/mol. The molecule has 1 unspecified atom stereocenters. The van der Waals surface area contributed by atoms with Crippen LogP contribution in [0.2, 0.25) is 0 Å². The molecular formula is C22H26N4O.